The van der Waals surface area contributed by atoms with Gasteiger partial charge in [0.2, 0.25) is 0 Å². The third-order valence-electron chi connectivity index (χ3n) is 4.35. The van der Waals surface area contributed by atoms with Gasteiger partial charge in [0.25, 0.3) is 5.69 Å². The number of nitro benzene ring substituents is 1. The monoisotopic (exact) mass is 343 g/mol. The van der Waals surface area contributed by atoms with Crippen LogP contribution in [0.4, 0.5) is 11.4 Å². The number of nitro groups is 1. The van der Waals surface area contributed by atoms with Crippen LogP contribution in [0.2, 0.25) is 0 Å². The Morgan fingerprint density at radius 2 is 2.33 bits per heavy atom. The van der Waals surface area contributed by atoms with Gasteiger partial charge in [-0.25, -0.2) is 0 Å². The third-order valence-corrected chi connectivity index (χ3v) is 5.33. The lowest BCUT2D eigenvalue weighted by molar-refractivity contribution is -0.384. The molecule has 1 aromatic carbocycles. The van der Waals surface area contributed by atoms with Gasteiger partial charge in [-0.15, -0.1) is 11.3 Å². The van der Waals surface area contributed by atoms with Gasteiger partial charge in [0.1, 0.15) is 5.69 Å². The Morgan fingerprint density at radius 3 is 3.00 bits per heavy atom. The molecule has 0 aliphatic carbocycles. The van der Waals surface area contributed by atoms with E-state index in [1.807, 2.05) is 28.5 Å². The molecule has 1 saturated heterocycles. The van der Waals surface area contributed by atoms with Gasteiger partial charge < -0.3 is 10.0 Å². The third kappa shape index (κ3) is 3.25. The lowest BCUT2D eigenvalue weighted by atomic mass is 10.0. The minimum atomic E-state index is -0.562. The molecule has 2 aromatic rings. The molecule has 3 rings (SSSR count). The molecule has 2 atom stereocenters. The first-order valence-corrected chi connectivity index (χ1v) is 8.64. The Bertz CT molecular complexity index is 770. The lowest BCUT2D eigenvalue weighted by Gasteiger charge is -2.28. The minimum absolute atomic E-state index is 0.0495. The van der Waals surface area contributed by atoms with Crippen molar-refractivity contribution in [3.8, 4) is 6.07 Å². The summed E-state index contributed by atoms with van der Waals surface area (Å²) in [5, 5.41) is 32.7. The van der Waals surface area contributed by atoms with Gasteiger partial charge >= 0.3 is 0 Å². The van der Waals surface area contributed by atoms with Crippen molar-refractivity contribution < 1.29 is 10.0 Å². The molecule has 1 aliphatic heterocycles. The Balaban J connectivity index is 1.85. The molecule has 1 aromatic heterocycles. The van der Waals surface area contributed by atoms with Crippen LogP contribution in [-0.2, 0) is 0 Å². The molecule has 0 radical (unpaired) electrons. The zero-order valence-corrected chi connectivity index (χ0v) is 13.8. The van der Waals surface area contributed by atoms with Crippen LogP contribution in [-0.4, -0.2) is 22.6 Å². The highest BCUT2D eigenvalue weighted by Gasteiger charge is 2.31. The van der Waals surface area contributed by atoms with Crippen molar-refractivity contribution >= 4 is 22.7 Å². The SMILES string of the molecule is N#Cc1ccc(N2CCC[C@@H]2C[C@H](O)c2cccs2)c([N+](=O)[O-])c1. The van der Waals surface area contributed by atoms with Gasteiger partial charge in [0.05, 0.1) is 22.7 Å². The lowest BCUT2D eigenvalue weighted by Crippen LogP contribution is -2.31. The summed E-state index contributed by atoms with van der Waals surface area (Å²) in [5.74, 6) is 0. The van der Waals surface area contributed by atoms with Crippen LogP contribution in [0.1, 0.15) is 35.8 Å². The average molecular weight is 343 g/mol. The summed E-state index contributed by atoms with van der Waals surface area (Å²) in [6, 6.07) is 10.4. The maximum Gasteiger partial charge on any atom is 0.293 e. The molecule has 1 fully saturated rings. The van der Waals surface area contributed by atoms with E-state index in [1.54, 1.807) is 12.1 Å². The van der Waals surface area contributed by atoms with Crippen molar-refractivity contribution in [2.45, 2.75) is 31.4 Å². The second-order valence-corrected chi connectivity index (χ2v) is 6.81. The van der Waals surface area contributed by atoms with E-state index in [1.165, 1.54) is 17.4 Å². The van der Waals surface area contributed by atoms with Crippen molar-refractivity contribution in [2.75, 3.05) is 11.4 Å². The van der Waals surface area contributed by atoms with E-state index in [0.29, 0.717) is 18.7 Å². The molecular weight excluding hydrogens is 326 g/mol. The van der Waals surface area contributed by atoms with Crippen LogP contribution in [0.25, 0.3) is 0 Å². The molecule has 1 aliphatic rings. The number of nitriles is 1. The zero-order chi connectivity index (χ0) is 17.1. The summed E-state index contributed by atoms with van der Waals surface area (Å²) in [5.41, 5.74) is 0.756. The van der Waals surface area contributed by atoms with Crippen LogP contribution in [0.3, 0.4) is 0 Å². The van der Waals surface area contributed by atoms with Gasteiger partial charge in [-0.3, -0.25) is 10.1 Å². The zero-order valence-electron chi connectivity index (χ0n) is 13.0. The van der Waals surface area contributed by atoms with E-state index in [2.05, 4.69) is 0 Å². The first-order valence-electron chi connectivity index (χ1n) is 7.77. The number of hydrogen-bond acceptors (Lipinski definition) is 6. The molecule has 7 heteroatoms. The molecule has 6 nitrogen and oxygen atoms in total. The van der Waals surface area contributed by atoms with Crippen molar-refractivity contribution in [3.05, 3.63) is 56.3 Å². The molecule has 0 saturated carbocycles. The molecule has 0 amide bonds. The summed E-state index contributed by atoms with van der Waals surface area (Å²) in [4.78, 5) is 13.9. The molecule has 1 N–H and O–H groups in total. The molecular formula is C17H17N3O3S. The molecule has 2 heterocycles. The van der Waals surface area contributed by atoms with E-state index < -0.39 is 11.0 Å². The highest BCUT2D eigenvalue weighted by Crippen LogP contribution is 2.37. The summed E-state index contributed by atoms with van der Waals surface area (Å²) in [7, 11) is 0. The standard InChI is InChI=1S/C17H17N3O3S/c18-11-12-5-6-14(15(9-12)20(22)23)19-7-1-3-13(19)10-16(21)17-4-2-8-24-17/h2,4-6,8-9,13,16,21H,1,3,7,10H2/t13-,16+/m1/s1. The van der Waals surface area contributed by atoms with Crippen LogP contribution >= 0.6 is 11.3 Å². The number of hydrogen-bond donors (Lipinski definition) is 1. The van der Waals surface area contributed by atoms with Crippen LogP contribution in [0.15, 0.2) is 35.7 Å². The summed E-state index contributed by atoms with van der Waals surface area (Å²) in [6.45, 7) is 0.717. The predicted octanol–water partition coefficient (Wildman–Crippen LogP) is 3.62. The van der Waals surface area contributed by atoms with Crippen molar-refractivity contribution in [3.63, 3.8) is 0 Å². The predicted molar refractivity (Wildman–Crippen MR) is 92.1 cm³/mol. The fourth-order valence-electron chi connectivity index (χ4n) is 3.23. The highest BCUT2D eigenvalue weighted by molar-refractivity contribution is 7.10. The number of aliphatic hydroxyl groups excluding tert-OH is 1. The molecule has 0 spiro atoms. The van der Waals surface area contributed by atoms with E-state index >= 15 is 0 Å². The summed E-state index contributed by atoms with van der Waals surface area (Å²) >= 11 is 1.51. The van der Waals surface area contributed by atoms with Crippen LogP contribution in [0, 0.1) is 21.4 Å². The topological polar surface area (TPSA) is 90.4 Å². The van der Waals surface area contributed by atoms with Crippen LogP contribution < -0.4 is 4.90 Å². The number of benzene rings is 1. The smallest absolute Gasteiger partial charge is 0.293 e. The van der Waals surface area contributed by atoms with Crippen molar-refractivity contribution in [1.82, 2.24) is 0 Å². The maximum absolute atomic E-state index is 11.4. The molecule has 24 heavy (non-hydrogen) atoms. The number of rotatable bonds is 5. The number of anilines is 1. The summed E-state index contributed by atoms with van der Waals surface area (Å²) < 4.78 is 0. The molecule has 0 unspecified atom stereocenters. The van der Waals surface area contributed by atoms with E-state index in [0.717, 1.165) is 17.7 Å². The Hall–Kier alpha value is -2.43. The largest absolute Gasteiger partial charge is 0.387 e. The van der Waals surface area contributed by atoms with Gasteiger partial charge in [-0.1, -0.05) is 6.07 Å². The maximum atomic E-state index is 11.4. The second kappa shape index (κ2) is 6.99. The van der Waals surface area contributed by atoms with Gasteiger partial charge in [0.15, 0.2) is 0 Å². The Labute approximate surface area is 143 Å². The first-order chi connectivity index (χ1) is 11.6. The van der Waals surface area contributed by atoms with E-state index in [-0.39, 0.29) is 17.3 Å². The highest BCUT2D eigenvalue weighted by atomic mass is 32.1. The van der Waals surface area contributed by atoms with Crippen molar-refractivity contribution in [1.29, 1.82) is 5.26 Å². The van der Waals surface area contributed by atoms with Crippen LogP contribution in [0.5, 0.6) is 0 Å². The number of thiophene rings is 1. The second-order valence-electron chi connectivity index (χ2n) is 5.83. The fourth-order valence-corrected chi connectivity index (χ4v) is 3.96. The molecule has 124 valence electrons. The van der Waals surface area contributed by atoms with Gasteiger partial charge in [-0.05, 0) is 42.8 Å². The van der Waals surface area contributed by atoms with E-state index in [9.17, 15) is 15.2 Å². The quantitative estimate of drug-likeness (QED) is 0.661. The Morgan fingerprint density at radius 1 is 1.50 bits per heavy atom. The number of aliphatic hydroxyl groups is 1. The fraction of sp³-hybridized carbons (Fsp3) is 0.353. The summed E-state index contributed by atoms with van der Waals surface area (Å²) in [6.07, 6.45) is 1.80. The Kier molecular flexibility index (Phi) is 4.79. The van der Waals surface area contributed by atoms with E-state index in [4.69, 9.17) is 5.26 Å². The first kappa shape index (κ1) is 16.4. The van der Waals surface area contributed by atoms with Crippen molar-refractivity contribution in [2.24, 2.45) is 0 Å². The minimum Gasteiger partial charge on any atom is -0.387 e. The normalized spacial score (nSPS) is 18.3. The van der Waals surface area contributed by atoms with Gasteiger partial charge in [0, 0.05) is 23.5 Å². The molecule has 0 bridgehead atoms. The number of nitrogens with zero attached hydrogens (tertiary/aromatic N) is 3. The van der Waals surface area contributed by atoms with Gasteiger partial charge in [-0.2, -0.15) is 5.26 Å². The average Bonchev–Trinajstić information content (AvgIpc) is 3.25.